The lowest BCUT2D eigenvalue weighted by Gasteiger charge is -2.35. The molecule has 10 nitrogen and oxygen atoms in total. The summed E-state index contributed by atoms with van der Waals surface area (Å²) in [6, 6.07) is 13.2. The highest BCUT2D eigenvalue weighted by Crippen LogP contribution is 2.40. The van der Waals surface area contributed by atoms with Crippen molar-refractivity contribution in [2.24, 2.45) is 0 Å². The SMILES string of the molecule is CNC(=O)N1CCN(c2ccc(OCC3COC(Cn4ccnc4)(c4ccc(Cl)cc4Cl)O3)cc2)CC1.O. The molecular formula is C26H31Cl2N5O5. The van der Waals surface area contributed by atoms with Crippen molar-refractivity contribution in [2.75, 3.05) is 51.3 Å². The van der Waals surface area contributed by atoms with Gasteiger partial charge in [-0.1, -0.05) is 29.3 Å². The van der Waals surface area contributed by atoms with E-state index in [1.807, 2.05) is 46.0 Å². The predicted octanol–water partition coefficient (Wildman–Crippen LogP) is 3.17. The fourth-order valence-corrected chi connectivity index (χ4v) is 5.20. The van der Waals surface area contributed by atoms with E-state index in [-0.39, 0.29) is 17.6 Å². The molecule has 0 saturated carbocycles. The number of carbonyl (C=O) groups excluding carboxylic acids is 1. The van der Waals surface area contributed by atoms with Crippen LogP contribution in [0.5, 0.6) is 5.75 Å². The van der Waals surface area contributed by atoms with Crippen LogP contribution in [-0.2, 0) is 21.8 Å². The van der Waals surface area contributed by atoms with E-state index in [9.17, 15) is 4.79 Å². The van der Waals surface area contributed by atoms with Crippen molar-refractivity contribution in [3.05, 3.63) is 76.8 Å². The first-order valence-corrected chi connectivity index (χ1v) is 12.9. The van der Waals surface area contributed by atoms with Crippen LogP contribution in [0.1, 0.15) is 5.56 Å². The Labute approximate surface area is 231 Å². The summed E-state index contributed by atoms with van der Waals surface area (Å²) >= 11 is 12.7. The molecule has 2 atom stereocenters. The van der Waals surface area contributed by atoms with E-state index in [2.05, 4.69) is 15.2 Å². The second-order valence-corrected chi connectivity index (χ2v) is 9.84. The van der Waals surface area contributed by atoms with Crippen molar-refractivity contribution in [2.45, 2.75) is 18.4 Å². The van der Waals surface area contributed by atoms with Crippen molar-refractivity contribution in [3.8, 4) is 5.75 Å². The molecule has 3 N–H and O–H groups in total. The Bertz CT molecular complexity index is 1210. The van der Waals surface area contributed by atoms with Crippen LogP contribution in [-0.4, -0.2) is 78.5 Å². The quantitative estimate of drug-likeness (QED) is 0.472. The molecule has 38 heavy (non-hydrogen) atoms. The number of hydrogen-bond acceptors (Lipinski definition) is 6. The molecule has 2 saturated heterocycles. The molecule has 12 heteroatoms. The Hall–Kier alpha value is -3.02. The van der Waals surface area contributed by atoms with E-state index in [1.165, 1.54) is 0 Å². The van der Waals surface area contributed by atoms with E-state index in [1.54, 1.807) is 31.7 Å². The number of nitrogens with one attached hydrogen (secondary N) is 1. The number of piperazine rings is 1. The average Bonchev–Trinajstić information content (AvgIpc) is 3.58. The maximum absolute atomic E-state index is 11.8. The van der Waals surface area contributed by atoms with E-state index < -0.39 is 5.79 Å². The van der Waals surface area contributed by atoms with Crippen molar-refractivity contribution in [1.29, 1.82) is 0 Å². The second kappa shape index (κ2) is 12.2. The third-order valence-electron chi connectivity index (χ3n) is 6.57. The molecule has 2 aliphatic rings. The summed E-state index contributed by atoms with van der Waals surface area (Å²) in [4.78, 5) is 20.0. The van der Waals surface area contributed by atoms with Gasteiger partial charge in [-0.2, -0.15) is 0 Å². The summed E-state index contributed by atoms with van der Waals surface area (Å²) in [6.07, 6.45) is 4.97. The van der Waals surface area contributed by atoms with Gasteiger partial charge >= 0.3 is 6.03 Å². The Morgan fingerprint density at radius 3 is 2.58 bits per heavy atom. The number of ether oxygens (including phenoxy) is 3. The molecular weight excluding hydrogens is 533 g/mol. The van der Waals surface area contributed by atoms with Gasteiger partial charge in [-0.3, -0.25) is 0 Å². The van der Waals surface area contributed by atoms with Crippen LogP contribution in [0.25, 0.3) is 0 Å². The number of carbonyl (C=O) groups is 1. The number of urea groups is 1. The number of anilines is 1. The molecule has 3 heterocycles. The van der Waals surface area contributed by atoms with Gasteiger partial charge in [-0.05, 0) is 36.4 Å². The normalized spacial score (nSPS) is 21.2. The van der Waals surface area contributed by atoms with E-state index in [0.29, 0.717) is 48.5 Å². The van der Waals surface area contributed by atoms with Gasteiger partial charge in [0, 0.05) is 61.9 Å². The molecule has 5 rings (SSSR count). The molecule has 2 fully saturated rings. The topological polar surface area (TPSA) is 113 Å². The third-order valence-corrected chi connectivity index (χ3v) is 7.12. The first-order chi connectivity index (χ1) is 18.0. The fourth-order valence-electron chi connectivity index (χ4n) is 4.64. The summed E-state index contributed by atoms with van der Waals surface area (Å²) in [7, 11) is 1.66. The summed E-state index contributed by atoms with van der Waals surface area (Å²) in [5.41, 5.74) is 1.80. The zero-order valence-corrected chi connectivity index (χ0v) is 22.5. The lowest BCUT2D eigenvalue weighted by Crippen LogP contribution is -2.51. The zero-order chi connectivity index (χ0) is 25.8. The smallest absolute Gasteiger partial charge is 0.317 e. The van der Waals surface area contributed by atoms with Crippen LogP contribution < -0.4 is 15.0 Å². The van der Waals surface area contributed by atoms with Crippen LogP contribution in [0.4, 0.5) is 10.5 Å². The molecule has 2 unspecified atom stereocenters. The van der Waals surface area contributed by atoms with Crippen LogP contribution >= 0.6 is 23.2 Å². The summed E-state index contributed by atoms with van der Waals surface area (Å²) in [5, 5.41) is 3.70. The number of amides is 2. The van der Waals surface area contributed by atoms with Gasteiger partial charge < -0.3 is 39.4 Å². The van der Waals surface area contributed by atoms with Gasteiger partial charge in [-0.25, -0.2) is 9.78 Å². The number of benzene rings is 2. The van der Waals surface area contributed by atoms with Gasteiger partial charge in [0.15, 0.2) is 0 Å². The first kappa shape index (κ1) is 28.0. The highest BCUT2D eigenvalue weighted by Gasteiger charge is 2.45. The van der Waals surface area contributed by atoms with E-state index >= 15 is 0 Å². The van der Waals surface area contributed by atoms with Gasteiger partial charge in [-0.15, -0.1) is 0 Å². The Morgan fingerprint density at radius 2 is 1.92 bits per heavy atom. The minimum Gasteiger partial charge on any atom is -0.491 e. The third kappa shape index (κ3) is 6.16. The standard InChI is InChI=1S/C26H29Cl2N5O4.H2O/c1-29-25(34)33-12-10-32(11-13-33)20-3-5-21(6-4-20)35-15-22-16-36-26(37-22,17-31-9-8-30-18-31)23-7-2-19(27)14-24(23)28;/h2-9,14,18,22H,10-13,15-17H2,1H3,(H,29,34);1H2. The summed E-state index contributed by atoms with van der Waals surface area (Å²) in [5.74, 6) is -0.343. The number of rotatable bonds is 7. The van der Waals surface area contributed by atoms with Crippen molar-refractivity contribution in [1.82, 2.24) is 19.8 Å². The van der Waals surface area contributed by atoms with Crippen molar-refractivity contribution < 1.29 is 24.5 Å². The molecule has 3 aromatic rings. The highest BCUT2D eigenvalue weighted by atomic mass is 35.5. The molecule has 0 aliphatic carbocycles. The number of hydrogen-bond donors (Lipinski definition) is 1. The van der Waals surface area contributed by atoms with E-state index in [4.69, 9.17) is 37.4 Å². The van der Waals surface area contributed by atoms with Gasteiger partial charge in [0.25, 0.3) is 0 Å². The Balaban J connectivity index is 0.00000336. The molecule has 1 aromatic heterocycles. The lowest BCUT2D eigenvalue weighted by molar-refractivity contribution is -0.189. The lowest BCUT2D eigenvalue weighted by atomic mass is 10.1. The van der Waals surface area contributed by atoms with Gasteiger partial charge in [0.2, 0.25) is 5.79 Å². The van der Waals surface area contributed by atoms with Crippen molar-refractivity contribution >= 4 is 34.9 Å². The number of halogens is 2. The van der Waals surface area contributed by atoms with Gasteiger partial charge in [0.05, 0.1) is 24.5 Å². The fraction of sp³-hybridized carbons (Fsp3) is 0.385. The molecule has 204 valence electrons. The maximum Gasteiger partial charge on any atom is 0.317 e. The summed E-state index contributed by atoms with van der Waals surface area (Å²) < 4.78 is 20.6. The largest absolute Gasteiger partial charge is 0.491 e. The van der Waals surface area contributed by atoms with Crippen molar-refractivity contribution in [3.63, 3.8) is 0 Å². The Kier molecular flexibility index (Phi) is 9.01. The maximum atomic E-state index is 11.8. The van der Waals surface area contributed by atoms with E-state index in [0.717, 1.165) is 24.5 Å². The molecule has 0 spiro atoms. The summed E-state index contributed by atoms with van der Waals surface area (Å²) in [6.45, 7) is 4.00. The van der Waals surface area contributed by atoms with Crippen LogP contribution in [0, 0.1) is 0 Å². The van der Waals surface area contributed by atoms with Crippen LogP contribution in [0.3, 0.4) is 0 Å². The minimum atomic E-state index is -1.09. The zero-order valence-electron chi connectivity index (χ0n) is 21.0. The molecule has 2 aliphatic heterocycles. The number of imidazole rings is 1. The molecule has 0 radical (unpaired) electrons. The minimum absolute atomic E-state index is 0. The number of nitrogens with zero attached hydrogens (tertiary/aromatic N) is 4. The molecule has 0 bridgehead atoms. The molecule has 2 amide bonds. The average molecular weight is 564 g/mol. The molecule has 2 aromatic carbocycles. The van der Waals surface area contributed by atoms with Crippen LogP contribution in [0.15, 0.2) is 61.2 Å². The monoisotopic (exact) mass is 563 g/mol. The second-order valence-electron chi connectivity index (χ2n) is 9.00. The van der Waals surface area contributed by atoms with Crippen LogP contribution in [0.2, 0.25) is 10.0 Å². The highest BCUT2D eigenvalue weighted by molar-refractivity contribution is 6.35. The Morgan fingerprint density at radius 1 is 1.16 bits per heavy atom. The first-order valence-electron chi connectivity index (χ1n) is 12.1. The number of aromatic nitrogens is 2. The van der Waals surface area contributed by atoms with Gasteiger partial charge in [0.1, 0.15) is 18.5 Å². The predicted molar refractivity (Wildman–Crippen MR) is 145 cm³/mol.